The van der Waals surface area contributed by atoms with Crippen LogP contribution in [0.5, 0.6) is 0 Å². The topological polar surface area (TPSA) is 87.7 Å². The maximum absolute atomic E-state index is 13.9. The average Bonchev–Trinajstić information content (AvgIpc) is 2.79. The monoisotopic (exact) mass is 495 g/mol. The van der Waals surface area contributed by atoms with Gasteiger partial charge in [-0.25, -0.2) is 4.79 Å². The van der Waals surface area contributed by atoms with Crippen LogP contribution in [-0.4, -0.2) is 41.5 Å². The van der Waals surface area contributed by atoms with E-state index in [4.69, 9.17) is 4.74 Å². The minimum absolute atomic E-state index is 0.175. The SMILES string of the molecule is CCC(C)C(NC(=O)OC(C)(C)C)C(=O)N(C)C(C(=O)Nc1ccccc1C)c1cc(C)ccc1C. The van der Waals surface area contributed by atoms with E-state index in [0.29, 0.717) is 12.1 Å². The van der Waals surface area contributed by atoms with Gasteiger partial charge < -0.3 is 20.3 Å². The highest BCUT2D eigenvalue weighted by molar-refractivity contribution is 5.99. The van der Waals surface area contributed by atoms with E-state index in [1.165, 1.54) is 4.90 Å². The first-order chi connectivity index (χ1) is 16.7. The Morgan fingerprint density at radius 2 is 1.64 bits per heavy atom. The smallest absolute Gasteiger partial charge is 0.408 e. The lowest BCUT2D eigenvalue weighted by molar-refractivity contribution is -0.140. The molecule has 0 aliphatic rings. The number of ether oxygens (including phenoxy) is 1. The lowest BCUT2D eigenvalue weighted by Crippen LogP contribution is -2.53. The number of aryl methyl sites for hydroxylation is 3. The number of nitrogens with zero attached hydrogens (tertiary/aromatic N) is 1. The molecule has 2 rings (SSSR count). The zero-order valence-electron chi connectivity index (χ0n) is 23.1. The molecule has 3 unspecified atom stereocenters. The van der Waals surface area contributed by atoms with Crippen molar-refractivity contribution in [1.82, 2.24) is 10.2 Å². The molecule has 3 amide bonds. The summed E-state index contributed by atoms with van der Waals surface area (Å²) in [6, 6.07) is 11.6. The zero-order chi connectivity index (χ0) is 27.2. The summed E-state index contributed by atoms with van der Waals surface area (Å²) in [6.07, 6.45) is -0.00829. The number of nitrogens with one attached hydrogen (secondary N) is 2. The Morgan fingerprint density at radius 1 is 1.00 bits per heavy atom. The normalized spacial score (nSPS) is 13.8. The molecule has 3 atom stereocenters. The fourth-order valence-corrected chi connectivity index (χ4v) is 3.96. The van der Waals surface area contributed by atoms with Gasteiger partial charge in [-0.2, -0.15) is 0 Å². The maximum atomic E-state index is 13.9. The van der Waals surface area contributed by atoms with Crippen LogP contribution in [0, 0.1) is 26.7 Å². The number of likely N-dealkylation sites (N-methyl/N-ethyl adjacent to an activating group) is 1. The van der Waals surface area contributed by atoms with Crippen LogP contribution in [0.1, 0.15) is 69.3 Å². The van der Waals surface area contributed by atoms with Crippen molar-refractivity contribution in [2.45, 2.75) is 79.5 Å². The van der Waals surface area contributed by atoms with Crippen molar-refractivity contribution in [3.8, 4) is 0 Å². The number of para-hydroxylation sites is 1. The van der Waals surface area contributed by atoms with E-state index in [2.05, 4.69) is 10.6 Å². The second-order valence-corrected chi connectivity index (χ2v) is 10.5. The van der Waals surface area contributed by atoms with Gasteiger partial charge in [-0.15, -0.1) is 0 Å². The van der Waals surface area contributed by atoms with E-state index in [9.17, 15) is 14.4 Å². The maximum Gasteiger partial charge on any atom is 0.408 e. The number of alkyl carbamates (subject to hydrolysis) is 1. The molecule has 0 heterocycles. The Morgan fingerprint density at radius 3 is 2.22 bits per heavy atom. The molecular formula is C29H41N3O4. The summed E-state index contributed by atoms with van der Waals surface area (Å²) in [4.78, 5) is 41.6. The first-order valence-corrected chi connectivity index (χ1v) is 12.4. The minimum Gasteiger partial charge on any atom is -0.444 e. The molecule has 0 spiro atoms. The fourth-order valence-electron chi connectivity index (χ4n) is 3.96. The van der Waals surface area contributed by atoms with E-state index in [0.717, 1.165) is 22.3 Å². The van der Waals surface area contributed by atoms with Crippen LogP contribution < -0.4 is 10.6 Å². The molecule has 196 valence electrons. The predicted octanol–water partition coefficient (Wildman–Crippen LogP) is 5.69. The van der Waals surface area contributed by atoms with Crippen LogP contribution in [0.4, 0.5) is 10.5 Å². The number of benzene rings is 2. The van der Waals surface area contributed by atoms with Crippen molar-refractivity contribution in [1.29, 1.82) is 0 Å². The van der Waals surface area contributed by atoms with Crippen molar-refractivity contribution < 1.29 is 19.1 Å². The average molecular weight is 496 g/mol. The number of hydrogen-bond donors (Lipinski definition) is 2. The molecule has 7 heteroatoms. The Labute approximate surface area is 215 Å². The Kier molecular flexibility index (Phi) is 9.68. The van der Waals surface area contributed by atoms with Gasteiger partial charge in [0, 0.05) is 12.7 Å². The summed E-state index contributed by atoms with van der Waals surface area (Å²) in [7, 11) is 1.61. The summed E-state index contributed by atoms with van der Waals surface area (Å²) in [5.41, 5.74) is 3.51. The van der Waals surface area contributed by atoms with Crippen molar-refractivity contribution in [3.05, 3.63) is 64.7 Å². The van der Waals surface area contributed by atoms with Crippen LogP contribution in [0.25, 0.3) is 0 Å². The van der Waals surface area contributed by atoms with Crippen LogP contribution in [0.2, 0.25) is 0 Å². The molecule has 0 bridgehead atoms. The van der Waals surface area contributed by atoms with Gasteiger partial charge in [-0.1, -0.05) is 62.2 Å². The zero-order valence-corrected chi connectivity index (χ0v) is 23.1. The summed E-state index contributed by atoms with van der Waals surface area (Å²) in [6.45, 7) is 14.9. The quantitative estimate of drug-likeness (QED) is 0.492. The third kappa shape index (κ3) is 7.57. The van der Waals surface area contributed by atoms with E-state index in [1.807, 2.05) is 77.1 Å². The largest absolute Gasteiger partial charge is 0.444 e. The summed E-state index contributed by atoms with van der Waals surface area (Å²) >= 11 is 0. The lowest BCUT2D eigenvalue weighted by atomic mass is 9.94. The Hall–Kier alpha value is -3.35. The van der Waals surface area contributed by atoms with Gasteiger partial charge in [0.25, 0.3) is 5.91 Å². The number of amides is 3. The molecule has 36 heavy (non-hydrogen) atoms. The first kappa shape index (κ1) is 28.9. The van der Waals surface area contributed by atoms with Crippen LogP contribution >= 0.6 is 0 Å². The number of carbonyl (C=O) groups is 3. The highest BCUT2D eigenvalue weighted by atomic mass is 16.6. The number of anilines is 1. The molecule has 0 aromatic heterocycles. The van der Waals surface area contributed by atoms with E-state index in [-0.39, 0.29) is 17.7 Å². The highest BCUT2D eigenvalue weighted by Crippen LogP contribution is 2.28. The van der Waals surface area contributed by atoms with E-state index >= 15 is 0 Å². The van der Waals surface area contributed by atoms with E-state index < -0.39 is 23.8 Å². The van der Waals surface area contributed by atoms with Gasteiger partial charge in [-0.3, -0.25) is 9.59 Å². The molecule has 2 aromatic carbocycles. The highest BCUT2D eigenvalue weighted by Gasteiger charge is 2.36. The van der Waals surface area contributed by atoms with Gasteiger partial charge in [0.1, 0.15) is 17.7 Å². The van der Waals surface area contributed by atoms with Gasteiger partial charge in [0.2, 0.25) is 5.91 Å². The van der Waals surface area contributed by atoms with Gasteiger partial charge in [0.05, 0.1) is 0 Å². The number of hydrogen-bond acceptors (Lipinski definition) is 4. The van der Waals surface area contributed by atoms with Crippen molar-refractivity contribution in [2.24, 2.45) is 5.92 Å². The van der Waals surface area contributed by atoms with Crippen molar-refractivity contribution in [3.63, 3.8) is 0 Å². The fraction of sp³-hybridized carbons (Fsp3) is 0.483. The third-order valence-electron chi connectivity index (χ3n) is 6.27. The molecule has 0 aliphatic heterocycles. The van der Waals surface area contributed by atoms with E-state index in [1.54, 1.807) is 27.8 Å². The van der Waals surface area contributed by atoms with Crippen LogP contribution in [-0.2, 0) is 14.3 Å². The standard InChI is InChI=1S/C29H41N3O4/c1-10-19(3)24(31-28(35)36-29(6,7)8)27(34)32(9)25(22-17-18(2)15-16-20(22)4)26(33)30-23-14-12-11-13-21(23)5/h11-17,19,24-25H,10H2,1-9H3,(H,30,33)(H,31,35). The molecule has 0 radical (unpaired) electrons. The first-order valence-electron chi connectivity index (χ1n) is 12.4. The number of rotatable bonds is 8. The van der Waals surface area contributed by atoms with Crippen molar-refractivity contribution >= 4 is 23.6 Å². The predicted molar refractivity (Wildman–Crippen MR) is 144 cm³/mol. The molecule has 0 saturated heterocycles. The van der Waals surface area contributed by atoms with Gasteiger partial charge in [-0.05, 0) is 70.2 Å². The minimum atomic E-state index is -0.899. The Bertz CT molecular complexity index is 1090. The molecule has 2 N–H and O–H groups in total. The molecule has 0 aliphatic carbocycles. The molecule has 0 fully saturated rings. The Balaban J connectivity index is 2.47. The van der Waals surface area contributed by atoms with Crippen LogP contribution in [0.15, 0.2) is 42.5 Å². The molecule has 2 aromatic rings. The van der Waals surface area contributed by atoms with Crippen LogP contribution in [0.3, 0.4) is 0 Å². The molecular weight excluding hydrogens is 454 g/mol. The lowest BCUT2D eigenvalue weighted by Gasteiger charge is -2.34. The third-order valence-corrected chi connectivity index (χ3v) is 6.27. The summed E-state index contributed by atoms with van der Waals surface area (Å²) in [5, 5.41) is 5.75. The van der Waals surface area contributed by atoms with Crippen molar-refractivity contribution in [2.75, 3.05) is 12.4 Å². The van der Waals surface area contributed by atoms with Gasteiger partial charge in [0.15, 0.2) is 0 Å². The molecule has 7 nitrogen and oxygen atoms in total. The second-order valence-electron chi connectivity index (χ2n) is 10.5. The number of carbonyl (C=O) groups excluding carboxylic acids is 3. The second kappa shape index (κ2) is 12.1. The van der Waals surface area contributed by atoms with Gasteiger partial charge >= 0.3 is 6.09 Å². The summed E-state index contributed by atoms with van der Waals surface area (Å²) < 4.78 is 5.41. The molecule has 0 saturated carbocycles. The summed E-state index contributed by atoms with van der Waals surface area (Å²) in [5.74, 6) is -0.860.